The van der Waals surface area contributed by atoms with Gasteiger partial charge in [-0.25, -0.2) is 0 Å². The van der Waals surface area contributed by atoms with Crippen LogP contribution in [0.1, 0.15) is 18.4 Å². The van der Waals surface area contributed by atoms with Crippen LogP contribution in [0.5, 0.6) is 5.75 Å². The minimum absolute atomic E-state index is 0.333. The van der Waals surface area contributed by atoms with Crippen molar-refractivity contribution in [2.45, 2.75) is 25.9 Å². The molecule has 5 heteroatoms. The Kier molecular flexibility index (Phi) is 5.53. The molecule has 0 radical (unpaired) electrons. The summed E-state index contributed by atoms with van der Waals surface area (Å²) in [6.07, 6.45) is 4.36. The van der Waals surface area contributed by atoms with Gasteiger partial charge in [0.05, 0.1) is 32.1 Å². The number of benzene rings is 1. The lowest BCUT2D eigenvalue weighted by Gasteiger charge is -2.35. The molecule has 0 bridgehead atoms. The highest BCUT2D eigenvalue weighted by molar-refractivity contribution is 5.96. The number of rotatable bonds is 6. The molecule has 0 atom stereocenters. The van der Waals surface area contributed by atoms with E-state index in [1.807, 2.05) is 18.3 Å². The van der Waals surface area contributed by atoms with Gasteiger partial charge in [-0.05, 0) is 31.4 Å². The number of aryl methyl sites for hydroxylation is 1. The number of anilines is 1. The predicted molar refractivity (Wildman–Crippen MR) is 96.1 cm³/mol. The molecule has 5 nitrogen and oxygen atoms in total. The Labute approximate surface area is 143 Å². The number of ether oxygens (including phenoxy) is 3. The number of hydrogen-bond donors (Lipinski definition) is 0. The molecular weight excluding hydrogens is 304 g/mol. The summed E-state index contributed by atoms with van der Waals surface area (Å²) in [5.41, 5.74) is 3.41. The lowest BCUT2D eigenvalue weighted by molar-refractivity contribution is 0.00611. The summed E-state index contributed by atoms with van der Waals surface area (Å²) in [7, 11) is 3.40. The summed E-state index contributed by atoms with van der Waals surface area (Å²) in [4.78, 5) is 7.03. The van der Waals surface area contributed by atoms with Crippen LogP contribution in [0, 0.1) is 6.92 Å². The van der Waals surface area contributed by atoms with Crippen LogP contribution in [0.15, 0.2) is 24.4 Å². The average Bonchev–Trinajstić information content (AvgIpc) is 2.62. The highest BCUT2D eigenvalue weighted by Crippen LogP contribution is 2.35. The Hall–Kier alpha value is -1.85. The number of methoxy groups -OCH3 is 2. The summed E-state index contributed by atoms with van der Waals surface area (Å²) in [5, 5.41) is 1.16. The first kappa shape index (κ1) is 17.0. The van der Waals surface area contributed by atoms with Crippen molar-refractivity contribution >= 4 is 16.6 Å². The molecule has 2 heterocycles. The van der Waals surface area contributed by atoms with Crippen LogP contribution in [0.3, 0.4) is 0 Å². The summed E-state index contributed by atoms with van der Waals surface area (Å²) in [5.74, 6) is 0.825. The number of aromatic nitrogens is 1. The van der Waals surface area contributed by atoms with Gasteiger partial charge in [-0.2, -0.15) is 0 Å². The molecule has 2 aromatic rings. The molecule has 130 valence electrons. The van der Waals surface area contributed by atoms with Gasteiger partial charge in [-0.1, -0.05) is 12.1 Å². The van der Waals surface area contributed by atoms with E-state index in [0.29, 0.717) is 19.3 Å². The van der Waals surface area contributed by atoms with Gasteiger partial charge in [-0.15, -0.1) is 0 Å². The molecule has 1 aromatic carbocycles. The highest BCUT2D eigenvalue weighted by Gasteiger charge is 2.23. The van der Waals surface area contributed by atoms with Crippen LogP contribution >= 0.6 is 0 Å². The minimum Gasteiger partial charge on any atom is -0.494 e. The molecule has 1 saturated heterocycles. The van der Waals surface area contributed by atoms with E-state index in [-0.39, 0.29) is 0 Å². The lowest BCUT2D eigenvalue weighted by atomic mass is 10.0. The van der Waals surface area contributed by atoms with Crippen molar-refractivity contribution < 1.29 is 14.2 Å². The standard InChI is InChI=1S/C19H26N2O3/c1-14-13-20-18-16(5-4-6-17(18)23-3)19(14)21-9-7-15(8-10-21)24-12-11-22-2/h4-6,13,15H,7-12H2,1-3H3. The predicted octanol–water partition coefficient (Wildman–Crippen LogP) is 3.18. The van der Waals surface area contributed by atoms with Gasteiger partial charge >= 0.3 is 0 Å². The molecule has 0 amide bonds. The van der Waals surface area contributed by atoms with Crippen LogP contribution in [0.4, 0.5) is 5.69 Å². The molecular formula is C19H26N2O3. The van der Waals surface area contributed by atoms with Crippen molar-refractivity contribution in [3.63, 3.8) is 0 Å². The van der Waals surface area contributed by atoms with Crippen molar-refractivity contribution in [3.05, 3.63) is 30.0 Å². The van der Waals surface area contributed by atoms with E-state index in [1.165, 1.54) is 11.3 Å². The van der Waals surface area contributed by atoms with Crippen molar-refractivity contribution in [1.82, 2.24) is 4.98 Å². The minimum atomic E-state index is 0.333. The van der Waals surface area contributed by atoms with E-state index in [9.17, 15) is 0 Å². The third-order valence-electron chi connectivity index (χ3n) is 4.63. The zero-order valence-electron chi connectivity index (χ0n) is 14.7. The molecule has 0 N–H and O–H groups in total. The fourth-order valence-corrected chi connectivity index (χ4v) is 3.41. The average molecular weight is 330 g/mol. The molecule has 3 rings (SSSR count). The number of para-hydroxylation sites is 1. The topological polar surface area (TPSA) is 43.8 Å². The maximum atomic E-state index is 5.88. The third-order valence-corrected chi connectivity index (χ3v) is 4.63. The molecule has 0 aliphatic carbocycles. The molecule has 24 heavy (non-hydrogen) atoms. The quantitative estimate of drug-likeness (QED) is 0.761. The number of fused-ring (bicyclic) bond motifs is 1. The molecule has 1 aromatic heterocycles. The van der Waals surface area contributed by atoms with Crippen molar-refractivity contribution in [1.29, 1.82) is 0 Å². The monoisotopic (exact) mass is 330 g/mol. The van der Waals surface area contributed by atoms with Crippen LogP contribution < -0.4 is 9.64 Å². The summed E-state index contributed by atoms with van der Waals surface area (Å²) < 4.78 is 16.4. The number of piperidine rings is 1. The van der Waals surface area contributed by atoms with E-state index in [2.05, 4.69) is 22.9 Å². The van der Waals surface area contributed by atoms with Gasteiger partial charge < -0.3 is 19.1 Å². The largest absolute Gasteiger partial charge is 0.494 e. The molecule has 1 aliphatic heterocycles. The lowest BCUT2D eigenvalue weighted by Crippen LogP contribution is -2.38. The van der Waals surface area contributed by atoms with Gasteiger partial charge in [0.2, 0.25) is 0 Å². The maximum Gasteiger partial charge on any atom is 0.145 e. The second kappa shape index (κ2) is 7.81. The van der Waals surface area contributed by atoms with Gasteiger partial charge in [0.1, 0.15) is 11.3 Å². The zero-order valence-corrected chi connectivity index (χ0v) is 14.7. The van der Waals surface area contributed by atoms with Gasteiger partial charge in [-0.3, -0.25) is 4.98 Å². The Balaban J connectivity index is 1.79. The van der Waals surface area contributed by atoms with Gasteiger partial charge in [0.25, 0.3) is 0 Å². The van der Waals surface area contributed by atoms with Crippen LogP contribution in [0.2, 0.25) is 0 Å². The van der Waals surface area contributed by atoms with Crippen LogP contribution in [-0.2, 0) is 9.47 Å². The molecule has 0 spiro atoms. The second-order valence-corrected chi connectivity index (χ2v) is 6.20. The third kappa shape index (κ3) is 3.47. The van der Waals surface area contributed by atoms with Crippen molar-refractivity contribution in [2.24, 2.45) is 0 Å². The zero-order chi connectivity index (χ0) is 16.9. The number of pyridine rings is 1. The summed E-state index contributed by atoms with van der Waals surface area (Å²) in [6.45, 7) is 5.45. The normalized spacial score (nSPS) is 15.9. The summed E-state index contributed by atoms with van der Waals surface area (Å²) in [6, 6.07) is 6.13. The molecule has 0 unspecified atom stereocenters. The van der Waals surface area contributed by atoms with Crippen molar-refractivity contribution in [3.8, 4) is 5.75 Å². The first-order chi connectivity index (χ1) is 11.7. The second-order valence-electron chi connectivity index (χ2n) is 6.20. The molecule has 0 saturated carbocycles. The maximum absolute atomic E-state index is 5.88. The smallest absolute Gasteiger partial charge is 0.145 e. The first-order valence-electron chi connectivity index (χ1n) is 8.52. The number of nitrogens with zero attached hydrogens (tertiary/aromatic N) is 2. The molecule has 1 fully saturated rings. The van der Waals surface area contributed by atoms with Gasteiger partial charge in [0, 0.05) is 31.8 Å². The van der Waals surface area contributed by atoms with E-state index < -0.39 is 0 Å². The highest BCUT2D eigenvalue weighted by atomic mass is 16.5. The molecule has 1 aliphatic rings. The fourth-order valence-electron chi connectivity index (χ4n) is 3.41. The SMILES string of the molecule is COCCOC1CCN(c2c(C)cnc3c(OC)cccc23)CC1. The Morgan fingerprint density at radius 1 is 1.17 bits per heavy atom. The van der Waals surface area contributed by atoms with Crippen molar-refractivity contribution in [2.75, 3.05) is 45.4 Å². The Morgan fingerprint density at radius 3 is 2.67 bits per heavy atom. The van der Waals surface area contributed by atoms with E-state index in [1.54, 1.807) is 14.2 Å². The van der Waals surface area contributed by atoms with E-state index in [0.717, 1.165) is 42.6 Å². The van der Waals surface area contributed by atoms with E-state index in [4.69, 9.17) is 14.2 Å². The van der Waals surface area contributed by atoms with Crippen LogP contribution in [0.25, 0.3) is 10.9 Å². The Morgan fingerprint density at radius 2 is 1.96 bits per heavy atom. The fraction of sp³-hybridized carbons (Fsp3) is 0.526. The van der Waals surface area contributed by atoms with Crippen LogP contribution in [-0.4, -0.2) is 51.6 Å². The van der Waals surface area contributed by atoms with E-state index >= 15 is 0 Å². The number of hydrogen-bond acceptors (Lipinski definition) is 5. The Bertz CT molecular complexity index is 682. The van der Waals surface area contributed by atoms with Gasteiger partial charge in [0.15, 0.2) is 0 Å². The first-order valence-corrected chi connectivity index (χ1v) is 8.52. The summed E-state index contributed by atoms with van der Waals surface area (Å²) >= 11 is 0.